The van der Waals surface area contributed by atoms with Gasteiger partial charge in [0.15, 0.2) is 0 Å². The van der Waals surface area contributed by atoms with Crippen molar-refractivity contribution in [1.29, 1.82) is 0 Å². The number of nitrogens with zero attached hydrogens (tertiary/aromatic N) is 2. The number of rotatable bonds is 4. The third-order valence-corrected chi connectivity index (χ3v) is 1.36. The number of hydrogen-bond acceptors (Lipinski definition) is 4. The molecule has 0 aromatic carbocycles. The first-order valence-electron chi connectivity index (χ1n) is 3.78. The number of halogens is 2. The summed E-state index contributed by atoms with van der Waals surface area (Å²) >= 11 is 0. The third-order valence-electron chi connectivity index (χ3n) is 1.36. The van der Waals surface area contributed by atoms with E-state index in [1.807, 2.05) is 0 Å². The van der Waals surface area contributed by atoms with Crippen molar-refractivity contribution in [1.82, 2.24) is 9.97 Å². The second-order valence-electron chi connectivity index (χ2n) is 2.34. The standard InChI is InChI=1S/C7H10F2N4/c8-7(9)5-3-6(11-2-1-10)13-4-12-5/h3-4,7H,1-2,10H2,(H,11,12,13). The zero-order chi connectivity index (χ0) is 9.68. The number of nitrogens with two attached hydrogens (primary N) is 1. The highest BCUT2D eigenvalue weighted by Crippen LogP contribution is 2.17. The first-order valence-corrected chi connectivity index (χ1v) is 3.78. The molecular weight excluding hydrogens is 178 g/mol. The van der Waals surface area contributed by atoms with Crippen LogP contribution in [0.2, 0.25) is 0 Å². The van der Waals surface area contributed by atoms with E-state index in [9.17, 15) is 8.78 Å². The van der Waals surface area contributed by atoms with Crippen molar-refractivity contribution in [2.45, 2.75) is 6.43 Å². The van der Waals surface area contributed by atoms with Gasteiger partial charge in [-0.3, -0.25) is 0 Å². The Labute approximate surface area is 74.2 Å². The van der Waals surface area contributed by atoms with Crippen LogP contribution in [0.3, 0.4) is 0 Å². The monoisotopic (exact) mass is 188 g/mol. The minimum absolute atomic E-state index is 0.283. The van der Waals surface area contributed by atoms with Crippen molar-refractivity contribution in [3.8, 4) is 0 Å². The summed E-state index contributed by atoms with van der Waals surface area (Å²) in [5.41, 5.74) is 4.94. The molecular formula is C7H10F2N4. The van der Waals surface area contributed by atoms with Crippen LogP contribution in [0, 0.1) is 0 Å². The van der Waals surface area contributed by atoms with Gasteiger partial charge < -0.3 is 11.1 Å². The predicted molar refractivity (Wildman–Crippen MR) is 44.5 cm³/mol. The van der Waals surface area contributed by atoms with Crippen molar-refractivity contribution in [3.05, 3.63) is 18.1 Å². The molecule has 0 spiro atoms. The lowest BCUT2D eigenvalue weighted by atomic mass is 10.4. The quantitative estimate of drug-likeness (QED) is 0.733. The lowest BCUT2D eigenvalue weighted by Gasteiger charge is -2.04. The molecule has 0 amide bonds. The summed E-state index contributed by atoms with van der Waals surface area (Å²) in [6.07, 6.45) is -1.47. The van der Waals surface area contributed by atoms with Gasteiger partial charge in [-0.15, -0.1) is 0 Å². The van der Waals surface area contributed by atoms with Gasteiger partial charge in [0.2, 0.25) is 0 Å². The summed E-state index contributed by atoms with van der Waals surface area (Å²) in [5.74, 6) is 0.371. The van der Waals surface area contributed by atoms with Crippen LogP contribution < -0.4 is 11.1 Å². The van der Waals surface area contributed by atoms with Gasteiger partial charge in [-0.2, -0.15) is 0 Å². The lowest BCUT2D eigenvalue weighted by Crippen LogP contribution is -2.14. The summed E-state index contributed by atoms with van der Waals surface area (Å²) in [6, 6.07) is 1.21. The van der Waals surface area contributed by atoms with E-state index in [1.54, 1.807) is 0 Å². The second kappa shape index (κ2) is 4.66. The number of alkyl halides is 2. The van der Waals surface area contributed by atoms with E-state index in [0.717, 1.165) is 6.33 Å². The molecule has 1 heterocycles. The van der Waals surface area contributed by atoms with Gasteiger partial charge in [0.05, 0.1) is 0 Å². The van der Waals surface area contributed by atoms with Gasteiger partial charge in [-0.05, 0) is 0 Å². The van der Waals surface area contributed by atoms with Gasteiger partial charge >= 0.3 is 0 Å². The largest absolute Gasteiger partial charge is 0.369 e. The molecule has 72 valence electrons. The number of hydrogen-bond donors (Lipinski definition) is 2. The van der Waals surface area contributed by atoms with E-state index in [-0.39, 0.29) is 5.69 Å². The predicted octanol–water partition coefficient (Wildman–Crippen LogP) is 0.785. The van der Waals surface area contributed by atoms with E-state index in [0.29, 0.717) is 18.9 Å². The molecule has 0 fully saturated rings. The molecule has 0 atom stereocenters. The number of nitrogens with one attached hydrogen (secondary N) is 1. The molecule has 1 rings (SSSR count). The molecule has 0 unspecified atom stereocenters. The molecule has 4 nitrogen and oxygen atoms in total. The van der Waals surface area contributed by atoms with E-state index >= 15 is 0 Å². The fraction of sp³-hybridized carbons (Fsp3) is 0.429. The fourth-order valence-electron chi connectivity index (χ4n) is 0.789. The van der Waals surface area contributed by atoms with Crippen molar-refractivity contribution in [3.63, 3.8) is 0 Å². The van der Waals surface area contributed by atoms with Gasteiger partial charge in [0.25, 0.3) is 6.43 Å². The minimum Gasteiger partial charge on any atom is -0.369 e. The van der Waals surface area contributed by atoms with Crippen LogP contribution in [-0.2, 0) is 0 Å². The highest BCUT2D eigenvalue weighted by Gasteiger charge is 2.08. The Bertz CT molecular complexity index is 266. The summed E-state index contributed by atoms with van der Waals surface area (Å²) in [5, 5.41) is 2.78. The molecule has 0 aliphatic carbocycles. The highest BCUT2D eigenvalue weighted by atomic mass is 19.3. The van der Waals surface area contributed by atoms with Crippen LogP contribution in [0.4, 0.5) is 14.6 Å². The SMILES string of the molecule is NCCNc1cc(C(F)F)ncn1. The molecule has 6 heteroatoms. The maximum atomic E-state index is 12.1. The molecule has 3 N–H and O–H groups in total. The lowest BCUT2D eigenvalue weighted by molar-refractivity contribution is 0.146. The Morgan fingerprint density at radius 3 is 2.85 bits per heavy atom. The Kier molecular flexibility index (Phi) is 3.51. The molecule has 0 aliphatic heterocycles. The van der Waals surface area contributed by atoms with Crippen LogP contribution in [-0.4, -0.2) is 23.1 Å². The van der Waals surface area contributed by atoms with Crippen molar-refractivity contribution < 1.29 is 8.78 Å². The molecule has 0 radical (unpaired) electrons. The van der Waals surface area contributed by atoms with Crippen LogP contribution in [0.1, 0.15) is 12.1 Å². The first kappa shape index (κ1) is 9.79. The zero-order valence-corrected chi connectivity index (χ0v) is 6.87. The van der Waals surface area contributed by atoms with Gasteiger partial charge in [0.1, 0.15) is 17.8 Å². The maximum absolute atomic E-state index is 12.1. The fourth-order valence-corrected chi connectivity index (χ4v) is 0.789. The molecule has 1 aromatic heterocycles. The van der Waals surface area contributed by atoms with E-state index in [4.69, 9.17) is 5.73 Å². The van der Waals surface area contributed by atoms with Crippen LogP contribution in [0.5, 0.6) is 0 Å². The van der Waals surface area contributed by atoms with Crippen LogP contribution >= 0.6 is 0 Å². The summed E-state index contributed by atoms with van der Waals surface area (Å²) in [6.45, 7) is 0.924. The zero-order valence-electron chi connectivity index (χ0n) is 6.87. The van der Waals surface area contributed by atoms with E-state index in [1.165, 1.54) is 6.07 Å². The number of anilines is 1. The second-order valence-corrected chi connectivity index (χ2v) is 2.34. The van der Waals surface area contributed by atoms with Gasteiger partial charge in [-0.1, -0.05) is 0 Å². The van der Waals surface area contributed by atoms with Crippen LogP contribution in [0.25, 0.3) is 0 Å². The molecule has 0 saturated carbocycles. The van der Waals surface area contributed by atoms with Crippen LogP contribution in [0.15, 0.2) is 12.4 Å². The minimum atomic E-state index is -2.57. The molecule has 13 heavy (non-hydrogen) atoms. The highest BCUT2D eigenvalue weighted by molar-refractivity contribution is 5.34. The van der Waals surface area contributed by atoms with Crippen molar-refractivity contribution in [2.75, 3.05) is 18.4 Å². The Balaban J connectivity index is 2.68. The Morgan fingerprint density at radius 1 is 1.46 bits per heavy atom. The number of aromatic nitrogens is 2. The summed E-state index contributed by atoms with van der Waals surface area (Å²) in [7, 11) is 0. The molecule has 0 aliphatic rings. The average molecular weight is 188 g/mol. The summed E-state index contributed by atoms with van der Waals surface area (Å²) < 4.78 is 24.3. The van der Waals surface area contributed by atoms with E-state index in [2.05, 4.69) is 15.3 Å². The van der Waals surface area contributed by atoms with Gasteiger partial charge in [0, 0.05) is 19.2 Å². The smallest absolute Gasteiger partial charge is 0.280 e. The van der Waals surface area contributed by atoms with Crippen molar-refractivity contribution in [2.24, 2.45) is 5.73 Å². The first-order chi connectivity index (χ1) is 6.24. The molecule has 0 bridgehead atoms. The normalized spacial score (nSPS) is 10.5. The average Bonchev–Trinajstić information content (AvgIpc) is 2.15. The van der Waals surface area contributed by atoms with Gasteiger partial charge in [-0.25, -0.2) is 18.7 Å². The molecule has 1 aromatic rings. The summed E-state index contributed by atoms with van der Waals surface area (Å²) in [4.78, 5) is 7.16. The third kappa shape index (κ3) is 2.90. The maximum Gasteiger partial charge on any atom is 0.280 e. The Morgan fingerprint density at radius 2 is 2.23 bits per heavy atom. The Hall–Kier alpha value is -1.30. The molecule has 0 saturated heterocycles. The van der Waals surface area contributed by atoms with Crippen molar-refractivity contribution >= 4 is 5.82 Å². The topological polar surface area (TPSA) is 63.8 Å². The van der Waals surface area contributed by atoms with E-state index < -0.39 is 6.43 Å².